The van der Waals surface area contributed by atoms with Crippen LogP contribution in [0, 0.1) is 0 Å². The minimum atomic E-state index is 0.142. The van der Waals surface area contributed by atoms with Gasteiger partial charge in [0.2, 0.25) is 0 Å². The van der Waals surface area contributed by atoms with Gasteiger partial charge in [-0.15, -0.1) is 0 Å². The van der Waals surface area contributed by atoms with E-state index < -0.39 is 0 Å². The van der Waals surface area contributed by atoms with Crippen LogP contribution in [0.2, 0.25) is 20.2 Å². The molecular weight excluding hydrogens is 358 g/mol. The first-order chi connectivity index (χ1) is 9.96. The summed E-state index contributed by atoms with van der Waals surface area (Å²) in [6, 6.07) is 4.79. The van der Waals surface area contributed by atoms with E-state index in [4.69, 9.17) is 55.9 Å². The average Bonchev–Trinajstić information content (AvgIpc) is 2.45. The van der Waals surface area contributed by atoms with Gasteiger partial charge in [-0.3, -0.25) is 0 Å². The van der Waals surface area contributed by atoms with Gasteiger partial charge in [0.1, 0.15) is 16.7 Å². The van der Waals surface area contributed by atoms with Crippen molar-refractivity contribution in [2.24, 2.45) is 0 Å². The minimum Gasteiger partial charge on any atom is -0.495 e. The van der Waals surface area contributed by atoms with Gasteiger partial charge in [0.15, 0.2) is 5.82 Å². The molecule has 2 aromatic rings. The number of pyridine rings is 1. The lowest BCUT2D eigenvalue weighted by Crippen LogP contribution is -1.99. The van der Waals surface area contributed by atoms with Crippen molar-refractivity contribution in [3.8, 4) is 11.5 Å². The summed E-state index contributed by atoms with van der Waals surface area (Å²) in [7, 11) is 3.04. The normalized spacial score (nSPS) is 10.4. The minimum absolute atomic E-state index is 0.142. The zero-order valence-corrected chi connectivity index (χ0v) is 14.0. The maximum absolute atomic E-state index is 6.09. The Hall–Kier alpha value is -1.07. The molecule has 0 unspecified atom stereocenters. The number of nitrogens with zero attached hydrogens (tertiary/aromatic N) is 1. The number of hydrogen-bond acceptors (Lipinski definition) is 4. The first kappa shape index (κ1) is 16.3. The van der Waals surface area contributed by atoms with Gasteiger partial charge in [-0.25, -0.2) is 4.98 Å². The van der Waals surface area contributed by atoms with E-state index in [0.29, 0.717) is 33.0 Å². The van der Waals surface area contributed by atoms with Crippen LogP contribution in [0.5, 0.6) is 11.5 Å². The van der Waals surface area contributed by atoms with Gasteiger partial charge in [-0.2, -0.15) is 0 Å². The van der Waals surface area contributed by atoms with E-state index in [2.05, 4.69) is 10.3 Å². The zero-order valence-electron chi connectivity index (χ0n) is 11.0. The molecule has 1 aromatic carbocycles. The number of nitrogens with one attached hydrogen (secondary N) is 1. The van der Waals surface area contributed by atoms with Crippen LogP contribution in [0.15, 0.2) is 18.2 Å². The fourth-order valence-electron chi connectivity index (χ4n) is 1.62. The second-order valence-corrected chi connectivity index (χ2v) is 5.48. The molecule has 0 bridgehead atoms. The Morgan fingerprint density at radius 2 is 1.52 bits per heavy atom. The van der Waals surface area contributed by atoms with Crippen molar-refractivity contribution < 1.29 is 9.47 Å². The number of anilines is 2. The molecule has 0 fully saturated rings. The van der Waals surface area contributed by atoms with Crippen LogP contribution in [0.1, 0.15) is 0 Å². The molecule has 112 valence electrons. The topological polar surface area (TPSA) is 43.4 Å². The number of ether oxygens (including phenoxy) is 2. The van der Waals surface area contributed by atoms with Crippen LogP contribution in [0.4, 0.5) is 11.5 Å². The summed E-state index contributed by atoms with van der Waals surface area (Å²) in [4.78, 5) is 4.08. The quantitative estimate of drug-likeness (QED) is 0.729. The van der Waals surface area contributed by atoms with E-state index in [9.17, 15) is 0 Å². The molecule has 0 saturated heterocycles. The number of aromatic nitrogens is 1. The van der Waals surface area contributed by atoms with E-state index in [-0.39, 0.29) is 10.2 Å². The third-order valence-corrected chi connectivity index (χ3v) is 3.87. The molecule has 0 aliphatic rings. The van der Waals surface area contributed by atoms with Crippen LogP contribution >= 0.6 is 46.4 Å². The number of methoxy groups -OCH3 is 2. The average molecular weight is 368 g/mol. The monoisotopic (exact) mass is 366 g/mol. The number of benzene rings is 1. The Bertz CT molecular complexity index is 680. The van der Waals surface area contributed by atoms with Gasteiger partial charge in [-0.1, -0.05) is 46.4 Å². The van der Waals surface area contributed by atoms with Gasteiger partial charge >= 0.3 is 0 Å². The molecule has 0 spiro atoms. The molecule has 2 rings (SSSR count). The lowest BCUT2D eigenvalue weighted by molar-refractivity contribution is 0.405. The van der Waals surface area contributed by atoms with E-state index in [0.717, 1.165) is 0 Å². The first-order valence-corrected chi connectivity index (χ1v) is 7.17. The molecule has 0 radical (unpaired) electrons. The second kappa shape index (κ2) is 6.79. The van der Waals surface area contributed by atoms with Crippen molar-refractivity contribution in [3.63, 3.8) is 0 Å². The van der Waals surface area contributed by atoms with E-state index in [1.54, 1.807) is 12.1 Å². The van der Waals surface area contributed by atoms with Crippen LogP contribution in [0.25, 0.3) is 0 Å². The maximum atomic E-state index is 6.09. The molecular formula is C13H10Cl4N2O2. The van der Waals surface area contributed by atoms with Gasteiger partial charge in [-0.05, 0) is 6.07 Å². The summed E-state index contributed by atoms with van der Waals surface area (Å²) in [5, 5.41) is 4.17. The van der Waals surface area contributed by atoms with Crippen molar-refractivity contribution in [2.45, 2.75) is 0 Å². The van der Waals surface area contributed by atoms with Gasteiger partial charge in [0, 0.05) is 12.1 Å². The van der Waals surface area contributed by atoms with Crippen LogP contribution < -0.4 is 14.8 Å². The molecule has 1 heterocycles. The van der Waals surface area contributed by atoms with Crippen LogP contribution in [-0.4, -0.2) is 19.2 Å². The molecule has 21 heavy (non-hydrogen) atoms. The molecule has 0 atom stereocenters. The highest BCUT2D eigenvalue weighted by Gasteiger charge is 2.13. The predicted octanol–water partition coefficient (Wildman–Crippen LogP) is 5.46. The lowest BCUT2D eigenvalue weighted by Gasteiger charge is -2.14. The summed E-state index contributed by atoms with van der Waals surface area (Å²) >= 11 is 23.9. The highest BCUT2D eigenvalue weighted by atomic mass is 35.5. The largest absolute Gasteiger partial charge is 0.495 e. The molecule has 0 amide bonds. The maximum Gasteiger partial charge on any atom is 0.151 e. The van der Waals surface area contributed by atoms with Gasteiger partial charge in [0.25, 0.3) is 0 Å². The summed E-state index contributed by atoms with van der Waals surface area (Å²) in [6.07, 6.45) is 0. The Labute approximate surface area is 141 Å². The van der Waals surface area contributed by atoms with Crippen molar-refractivity contribution >= 4 is 57.9 Å². The molecule has 8 heteroatoms. The predicted molar refractivity (Wildman–Crippen MR) is 87.1 cm³/mol. The third kappa shape index (κ3) is 3.58. The highest BCUT2D eigenvalue weighted by Crippen LogP contribution is 2.39. The Morgan fingerprint density at radius 3 is 2.14 bits per heavy atom. The Morgan fingerprint density at radius 1 is 0.857 bits per heavy atom. The molecule has 4 nitrogen and oxygen atoms in total. The Balaban J connectivity index is 2.45. The second-order valence-electron chi connectivity index (χ2n) is 3.90. The highest BCUT2D eigenvalue weighted by molar-refractivity contribution is 6.43. The number of hydrogen-bond donors (Lipinski definition) is 1. The molecule has 1 N–H and O–H groups in total. The van der Waals surface area contributed by atoms with Crippen molar-refractivity contribution in [3.05, 3.63) is 38.4 Å². The van der Waals surface area contributed by atoms with E-state index in [1.165, 1.54) is 20.3 Å². The number of halogens is 4. The summed E-state index contributed by atoms with van der Waals surface area (Å²) < 4.78 is 10.4. The third-order valence-electron chi connectivity index (χ3n) is 2.61. The summed E-state index contributed by atoms with van der Waals surface area (Å²) in [5.41, 5.74) is 0.575. The van der Waals surface area contributed by atoms with Crippen LogP contribution in [-0.2, 0) is 0 Å². The molecule has 0 aliphatic heterocycles. The SMILES string of the molecule is COc1cc(Nc2nc(Cl)c(Cl)cc2Cl)c(OC)cc1Cl. The molecule has 0 saturated carbocycles. The Kier molecular flexibility index (Phi) is 5.27. The van der Waals surface area contributed by atoms with E-state index >= 15 is 0 Å². The van der Waals surface area contributed by atoms with Crippen molar-refractivity contribution in [1.82, 2.24) is 4.98 Å². The van der Waals surface area contributed by atoms with Gasteiger partial charge < -0.3 is 14.8 Å². The summed E-state index contributed by atoms with van der Waals surface area (Å²) in [6.45, 7) is 0. The van der Waals surface area contributed by atoms with E-state index in [1.807, 2.05) is 0 Å². The smallest absolute Gasteiger partial charge is 0.151 e. The standard InChI is InChI=1S/C13H10Cl4N2O2/c1-20-10-5-9(11(21-2)4-6(10)14)18-13-8(16)3-7(15)12(17)19-13/h3-5H,1-2H3,(H,18,19). The number of rotatable bonds is 4. The van der Waals surface area contributed by atoms with Crippen molar-refractivity contribution in [2.75, 3.05) is 19.5 Å². The fraction of sp³-hybridized carbons (Fsp3) is 0.154. The summed E-state index contributed by atoms with van der Waals surface area (Å²) in [5.74, 6) is 1.33. The lowest BCUT2D eigenvalue weighted by atomic mass is 10.2. The van der Waals surface area contributed by atoms with Crippen molar-refractivity contribution in [1.29, 1.82) is 0 Å². The van der Waals surface area contributed by atoms with Crippen LogP contribution in [0.3, 0.4) is 0 Å². The fourth-order valence-corrected chi connectivity index (χ4v) is 2.39. The van der Waals surface area contributed by atoms with Gasteiger partial charge in [0.05, 0.1) is 35.0 Å². The molecule has 0 aliphatic carbocycles. The first-order valence-electron chi connectivity index (χ1n) is 5.66. The zero-order chi connectivity index (χ0) is 15.6. The molecule has 1 aromatic heterocycles.